The summed E-state index contributed by atoms with van der Waals surface area (Å²) in [5.41, 5.74) is 1.47. The van der Waals surface area contributed by atoms with Gasteiger partial charge in [-0.25, -0.2) is 9.78 Å². The van der Waals surface area contributed by atoms with Gasteiger partial charge in [0.1, 0.15) is 11.2 Å². The number of morpholine rings is 1. The lowest BCUT2D eigenvalue weighted by Gasteiger charge is -2.40. The van der Waals surface area contributed by atoms with Gasteiger partial charge in [-0.05, 0) is 75.7 Å². The maximum absolute atomic E-state index is 13.5. The average Bonchev–Trinajstić information content (AvgIpc) is 2.85. The summed E-state index contributed by atoms with van der Waals surface area (Å²) in [6, 6.07) is 14.9. The minimum Gasteiger partial charge on any atom is -0.444 e. The number of pyridine rings is 1. The molecule has 38 heavy (non-hydrogen) atoms. The van der Waals surface area contributed by atoms with Gasteiger partial charge in [-0.15, -0.1) is 0 Å². The molecule has 2 amide bonds. The Hall–Kier alpha value is -2.94. The quantitative estimate of drug-likeness (QED) is 0.358. The predicted octanol–water partition coefficient (Wildman–Crippen LogP) is 6.58. The zero-order valence-electron chi connectivity index (χ0n) is 21.9. The second kappa shape index (κ2) is 11.4. The van der Waals surface area contributed by atoms with Crippen molar-refractivity contribution < 1.29 is 19.1 Å². The van der Waals surface area contributed by atoms with Gasteiger partial charge in [0, 0.05) is 28.0 Å². The highest BCUT2D eigenvalue weighted by Gasteiger charge is 2.36. The van der Waals surface area contributed by atoms with Crippen LogP contribution < -0.4 is 5.32 Å². The van der Waals surface area contributed by atoms with Crippen molar-refractivity contribution in [1.82, 2.24) is 15.2 Å². The van der Waals surface area contributed by atoms with Crippen LogP contribution in [0, 0.1) is 0 Å². The molecule has 1 atom stereocenters. The van der Waals surface area contributed by atoms with Crippen molar-refractivity contribution in [2.75, 3.05) is 26.2 Å². The molecule has 2 aromatic carbocycles. The van der Waals surface area contributed by atoms with Gasteiger partial charge in [-0.1, -0.05) is 45.7 Å². The maximum Gasteiger partial charge on any atom is 0.410 e. The molecule has 1 aromatic heterocycles. The highest BCUT2D eigenvalue weighted by molar-refractivity contribution is 9.10. The van der Waals surface area contributed by atoms with E-state index in [1.54, 1.807) is 11.0 Å². The molecule has 4 rings (SSSR count). The molecule has 1 saturated heterocycles. The number of nitrogens with one attached hydrogen (secondary N) is 1. The zero-order chi connectivity index (χ0) is 27.5. The van der Waals surface area contributed by atoms with E-state index in [1.807, 2.05) is 82.3 Å². The first-order valence-corrected chi connectivity index (χ1v) is 13.5. The highest BCUT2D eigenvalue weighted by atomic mass is 79.9. The number of amides is 2. The standard InChI is InChI=1S/C29H31BrClN3O4/c1-28(2,3)38-27(36)34-13-14-37-29(4,18-34)17-32-26(35)24-16-22(11-7-19-5-9-21(31)10-6-19)33-25-12-8-20(30)15-23(24)25/h5-12,15-16H,13-14,17-18H2,1-4H3,(H,32,35)/b11-7+. The minimum absolute atomic E-state index is 0.221. The van der Waals surface area contributed by atoms with Crippen molar-refractivity contribution in [3.05, 3.63) is 74.8 Å². The van der Waals surface area contributed by atoms with Crippen molar-refractivity contribution in [2.45, 2.75) is 38.9 Å². The van der Waals surface area contributed by atoms with Gasteiger partial charge in [0.05, 0.1) is 29.9 Å². The van der Waals surface area contributed by atoms with E-state index in [0.717, 1.165) is 15.4 Å². The molecule has 0 bridgehead atoms. The maximum atomic E-state index is 13.5. The smallest absolute Gasteiger partial charge is 0.410 e. The summed E-state index contributed by atoms with van der Waals surface area (Å²) >= 11 is 9.49. The number of carbonyl (C=O) groups is 2. The monoisotopic (exact) mass is 599 g/mol. The van der Waals surface area contributed by atoms with Crippen LogP contribution in [0.4, 0.5) is 4.79 Å². The van der Waals surface area contributed by atoms with Crippen LogP contribution in [0.2, 0.25) is 5.02 Å². The lowest BCUT2D eigenvalue weighted by atomic mass is 10.0. The fourth-order valence-corrected chi connectivity index (χ4v) is 4.62. The number of nitrogens with zero attached hydrogens (tertiary/aromatic N) is 2. The van der Waals surface area contributed by atoms with Gasteiger partial charge in [-0.2, -0.15) is 0 Å². The molecule has 1 aliphatic rings. The molecular weight excluding hydrogens is 570 g/mol. The van der Waals surface area contributed by atoms with Gasteiger partial charge in [0.25, 0.3) is 5.91 Å². The van der Waals surface area contributed by atoms with E-state index in [-0.39, 0.29) is 18.5 Å². The number of carbonyl (C=O) groups excluding carboxylic acids is 2. The van der Waals surface area contributed by atoms with Gasteiger partial charge in [0.2, 0.25) is 0 Å². The topological polar surface area (TPSA) is 80.8 Å². The molecule has 0 spiro atoms. The molecule has 1 aliphatic heterocycles. The molecule has 0 radical (unpaired) electrons. The predicted molar refractivity (Wildman–Crippen MR) is 154 cm³/mol. The van der Waals surface area contributed by atoms with E-state index in [0.29, 0.717) is 41.5 Å². The number of rotatable bonds is 5. The van der Waals surface area contributed by atoms with Crippen LogP contribution in [0.3, 0.4) is 0 Å². The van der Waals surface area contributed by atoms with Crippen LogP contribution in [0.5, 0.6) is 0 Å². The van der Waals surface area contributed by atoms with Gasteiger partial charge >= 0.3 is 6.09 Å². The Labute approximate surface area is 236 Å². The molecule has 1 N–H and O–H groups in total. The Morgan fingerprint density at radius 1 is 1.18 bits per heavy atom. The first-order valence-electron chi connectivity index (χ1n) is 12.3. The molecule has 1 unspecified atom stereocenters. The summed E-state index contributed by atoms with van der Waals surface area (Å²) in [6.45, 7) is 8.70. The molecule has 7 nitrogen and oxygen atoms in total. The van der Waals surface area contributed by atoms with E-state index < -0.39 is 11.2 Å². The second-order valence-corrected chi connectivity index (χ2v) is 11.9. The van der Waals surface area contributed by atoms with Crippen LogP contribution in [0.25, 0.3) is 23.1 Å². The number of fused-ring (bicyclic) bond motifs is 1. The van der Waals surface area contributed by atoms with Crippen molar-refractivity contribution in [3.63, 3.8) is 0 Å². The third-order valence-electron chi connectivity index (χ3n) is 5.96. The Kier molecular flexibility index (Phi) is 8.45. The average molecular weight is 601 g/mol. The number of halogens is 2. The van der Waals surface area contributed by atoms with Crippen molar-refractivity contribution in [1.29, 1.82) is 0 Å². The number of hydrogen-bond acceptors (Lipinski definition) is 5. The van der Waals surface area contributed by atoms with Crippen molar-refractivity contribution >= 4 is 62.6 Å². The highest BCUT2D eigenvalue weighted by Crippen LogP contribution is 2.25. The normalized spacial score (nSPS) is 18.1. The van der Waals surface area contributed by atoms with E-state index in [2.05, 4.69) is 21.2 Å². The third-order valence-corrected chi connectivity index (χ3v) is 6.71. The summed E-state index contributed by atoms with van der Waals surface area (Å²) in [7, 11) is 0. The number of hydrogen-bond donors (Lipinski definition) is 1. The van der Waals surface area contributed by atoms with Crippen LogP contribution in [0.15, 0.2) is 53.0 Å². The first kappa shape index (κ1) is 28.1. The minimum atomic E-state index is -0.758. The summed E-state index contributed by atoms with van der Waals surface area (Å²) in [6.07, 6.45) is 3.40. The van der Waals surface area contributed by atoms with E-state index in [9.17, 15) is 9.59 Å². The molecule has 200 valence electrons. The van der Waals surface area contributed by atoms with E-state index in [4.69, 9.17) is 26.1 Å². The molecule has 0 aliphatic carbocycles. The number of ether oxygens (including phenoxy) is 2. The van der Waals surface area contributed by atoms with Crippen LogP contribution in [0.1, 0.15) is 49.3 Å². The summed E-state index contributed by atoms with van der Waals surface area (Å²) in [5.74, 6) is -0.254. The number of aromatic nitrogens is 1. The van der Waals surface area contributed by atoms with E-state index >= 15 is 0 Å². The second-order valence-electron chi connectivity index (χ2n) is 10.5. The zero-order valence-corrected chi connectivity index (χ0v) is 24.2. The fourth-order valence-electron chi connectivity index (χ4n) is 4.13. The van der Waals surface area contributed by atoms with Gasteiger partial charge in [0.15, 0.2) is 0 Å². The Morgan fingerprint density at radius 2 is 1.92 bits per heavy atom. The number of benzene rings is 2. The molecule has 3 aromatic rings. The van der Waals surface area contributed by atoms with Crippen LogP contribution >= 0.6 is 27.5 Å². The Morgan fingerprint density at radius 3 is 2.63 bits per heavy atom. The first-order chi connectivity index (χ1) is 17.9. The lowest BCUT2D eigenvalue weighted by molar-refractivity contribution is -0.0952. The molecule has 9 heteroatoms. The molecule has 0 saturated carbocycles. The van der Waals surface area contributed by atoms with Crippen LogP contribution in [-0.2, 0) is 9.47 Å². The summed E-state index contributed by atoms with van der Waals surface area (Å²) in [4.78, 5) is 32.4. The molecule has 1 fully saturated rings. The van der Waals surface area contributed by atoms with Crippen molar-refractivity contribution in [3.8, 4) is 0 Å². The van der Waals surface area contributed by atoms with Crippen LogP contribution in [-0.4, -0.2) is 59.3 Å². The van der Waals surface area contributed by atoms with Gasteiger partial charge in [-0.3, -0.25) is 4.79 Å². The molecular formula is C29H31BrClN3O4. The molecule has 2 heterocycles. The Bertz CT molecular complexity index is 1370. The SMILES string of the molecule is CC(C)(C)OC(=O)N1CCOC(C)(CNC(=O)c2cc(/C=C/c3ccc(Cl)cc3)nc3ccc(Br)cc23)C1. The fraction of sp³-hybridized carbons (Fsp3) is 0.345. The lowest BCUT2D eigenvalue weighted by Crippen LogP contribution is -2.57. The third kappa shape index (κ3) is 7.34. The summed E-state index contributed by atoms with van der Waals surface area (Å²) in [5, 5.41) is 4.41. The Balaban J connectivity index is 1.53. The largest absolute Gasteiger partial charge is 0.444 e. The van der Waals surface area contributed by atoms with E-state index in [1.165, 1.54) is 0 Å². The summed E-state index contributed by atoms with van der Waals surface area (Å²) < 4.78 is 12.4. The van der Waals surface area contributed by atoms with Gasteiger partial charge < -0.3 is 19.7 Å². The van der Waals surface area contributed by atoms with Crippen molar-refractivity contribution in [2.24, 2.45) is 0 Å².